The number of benzene rings is 1. The summed E-state index contributed by atoms with van der Waals surface area (Å²) in [5.41, 5.74) is 7.27. The fourth-order valence-corrected chi connectivity index (χ4v) is 5.36. The van der Waals surface area contributed by atoms with Crippen LogP contribution in [0.3, 0.4) is 0 Å². The molecule has 2 N–H and O–H groups in total. The maximum absolute atomic E-state index is 12.9. The number of aryl methyl sites for hydroxylation is 1. The molecular formula is C15H24N2O2S2. The van der Waals surface area contributed by atoms with Gasteiger partial charge in [0.1, 0.15) is 0 Å². The molecule has 0 radical (unpaired) electrons. The summed E-state index contributed by atoms with van der Waals surface area (Å²) in [6.45, 7) is 7.69. The van der Waals surface area contributed by atoms with Crippen molar-refractivity contribution in [2.75, 3.05) is 18.8 Å². The number of hydrogen-bond donors (Lipinski definition) is 1. The van der Waals surface area contributed by atoms with Crippen molar-refractivity contribution in [3.05, 3.63) is 29.3 Å². The lowest BCUT2D eigenvalue weighted by Gasteiger charge is -2.23. The molecule has 0 atom stereocenters. The van der Waals surface area contributed by atoms with E-state index in [2.05, 4.69) is 13.8 Å². The van der Waals surface area contributed by atoms with E-state index < -0.39 is 10.0 Å². The first kappa shape index (κ1) is 16.8. The second-order valence-corrected chi connectivity index (χ2v) is 9.77. The predicted molar refractivity (Wildman–Crippen MR) is 89.0 cm³/mol. The molecule has 6 heteroatoms. The first-order valence-electron chi connectivity index (χ1n) is 7.20. The molecule has 1 aliphatic rings. The Morgan fingerprint density at radius 2 is 2.05 bits per heavy atom. The predicted octanol–water partition coefficient (Wildman–Crippen LogP) is 2.36. The molecule has 1 aromatic carbocycles. The van der Waals surface area contributed by atoms with Crippen LogP contribution < -0.4 is 5.73 Å². The van der Waals surface area contributed by atoms with Gasteiger partial charge in [0.05, 0.1) is 4.90 Å². The van der Waals surface area contributed by atoms with E-state index in [1.165, 1.54) is 0 Å². The van der Waals surface area contributed by atoms with Crippen molar-refractivity contribution in [2.45, 2.75) is 43.4 Å². The molecule has 1 aromatic rings. The molecule has 0 amide bonds. The Balaban J connectivity index is 2.33. The molecule has 2 rings (SSSR count). The largest absolute Gasteiger partial charge is 0.326 e. The zero-order valence-electron chi connectivity index (χ0n) is 12.9. The summed E-state index contributed by atoms with van der Waals surface area (Å²) in [5, 5.41) is 0. The van der Waals surface area contributed by atoms with Crippen LogP contribution in [0.15, 0.2) is 23.1 Å². The van der Waals surface area contributed by atoms with Crippen LogP contribution in [0.4, 0.5) is 0 Å². The van der Waals surface area contributed by atoms with E-state index in [0.717, 1.165) is 23.3 Å². The zero-order chi connectivity index (χ0) is 15.7. The fourth-order valence-electron chi connectivity index (χ4n) is 2.43. The van der Waals surface area contributed by atoms with Gasteiger partial charge in [0.15, 0.2) is 0 Å². The van der Waals surface area contributed by atoms with Crippen LogP contribution in [0.1, 0.15) is 31.4 Å². The first-order chi connectivity index (χ1) is 9.76. The van der Waals surface area contributed by atoms with E-state index >= 15 is 0 Å². The highest BCUT2D eigenvalue weighted by Crippen LogP contribution is 2.33. The van der Waals surface area contributed by atoms with Gasteiger partial charge in [0.25, 0.3) is 0 Å². The lowest BCUT2D eigenvalue weighted by Crippen LogP contribution is -2.34. The van der Waals surface area contributed by atoms with Gasteiger partial charge in [-0.1, -0.05) is 26.0 Å². The average molecular weight is 329 g/mol. The Kier molecular flexibility index (Phi) is 5.03. The molecule has 1 aliphatic heterocycles. The third-order valence-electron chi connectivity index (χ3n) is 3.90. The summed E-state index contributed by atoms with van der Waals surface area (Å²) in [6.07, 6.45) is 0.868. The van der Waals surface area contributed by atoms with Crippen LogP contribution in [-0.2, 0) is 16.6 Å². The van der Waals surface area contributed by atoms with E-state index in [-0.39, 0.29) is 4.75 Å². The van der Waals surface area contributed by atoms with Gasteiger partial charge in [0.2, 0.25) is 10.0 Å². The van der Waals surface area contributed by atoms with Crippen molar-refractivity contribution in [3.63, 3.8) is 0 Å². The van der Waals surface area contributed by atoms with Crippen molar-refractivity contribution >= 4 is 21.8 Å². The molecule has 0 aliphatic carbocycles. The molecule has 21 heavy (non-hydrogen) atoms. The molecule has 4 nitrogen and oxygen atoms in total. The van der Waals surface area contributed by atoms with E-state index in [4.69, 9.17) is 5.73 Å². The van der Waals surface area contributed by atoms with Crippen LogP contribution in [0.5, 0.6) is 0 Å². The van der Waals surface area contributed by atoms with Gasteiger partial charge >= 0.3 is 0 Å². The Bertz CT molecular complexity index is 612. The van der Waals surface area contributed by atoms with Crippen molar-refractivity contribution < 1.29 is 8.42 Å². The Labute approximate surface area is 132 Å². The van der Waals surface area contributed by atoms with Crippen molar-refractivity contribution in [1.29, 1.82) is 0 Å². The smallest absolute Gasteiger partial charge is 0.243 e. The van der Waals surface area contributed by atoms with Crippen LogP contribution >= 0.6 is 11.8 Å². The van der Waals surface area contributed by atoms with Crippen LogP contribution in [-0.4, -0.2) is 36.3 Å². The standard InChI is InChI=1S/C15H24N2O2S2/c1-12-4-5-13(11-16)10-14(12)21(18,19)17-7-6-15(2,3)20-9-8-17/h4-5,10H,6-9,11,16H2,1-3H3. The molecule has 118 valence electrons. The number of hydrogen-bond acceptors (Lipinski definition) is 4. The Morgan fingerprint density at radius 1 is 1.33 bits per heavy atom. The SMILES string of the molecule is Cc1ccc(CN)cc1S(=O)(=O)N1CCSC(C)(C)CC1. The maximum Gasteiger partial charge on any atom is 0.243 e. The fraction of sp³-hybridized carbons (Fsp3) is 0.600. The van der Waals surface area contributed by atoms with Crippen LogP contribution in [0.25, 0.3) is 0 Å². The Hall–Kier alpha value is -0.560. The van der Waals surface area contributed by atoms with E-state index in [1.54, 1.807) is 10.4 Å². The molecule has 0 saturated carbocycles. The second-order valence-electron chi connectivity index (χ2n) is 6.07. The number of thioether (sulfide) groups is 1. The lowest BCUT2D eigenvalue weighted by atomic mass is 10.1. The van der Waals surface area contributed by atoms with Gasteiger partial charge < -0.3 is 5.73 Å². The minimum absolute atomic E-state index is 0.137. The third kappa shape index (κ3) is 3.80. The molecule has 0 aromatic heterocycles. The van der Waals surface area contributed by atoms with Crippen LogP contribution in [0.2, 0.25) is 0 Å². The monoisotopic (exact) mass is 328 g/mol. The number of sulfonamides is 1. The van der Waals surface area contributed by atoms with Gasteiger partial charge in [-0.3, -0.25) is 0 Å². The van der Waals surface area contributed by atoms with E-state index in [9.17, 15) is 8.42 Å². The molecule has 0 spiro atoms. The molecule has 0 unspecified atom stereocenters. The van der Waals surface area contributed by atoms with Crippen molar-refractivity contribution in [2.24, 2.45) is 5.73 Å². The van der Waals surface area contributed by atoms with Gasteiger partial charge in [-0.15, -0.1) is 0 Å². The van der Waals surface area contributed by atoms with Crippen molar-refractivity contribution in [3.8, 4) is 0 Å². The summed E-state index contributed by atoms with van der Waals surface area (Å²) in [6, 6.07) is 5.44. The summed E-state index contributed by atoms with van der Waals surface area (Å²) in [4.78, 5) is 0.398. The van der Waals surface area contributed by atoms with E-state index in [1.807, 2.05) is 30.8 Å². The van der Waals surface area contributed by atoms with Gasteiger partial charge in [-0.25, -0.2) is 8.42 Å². The average Bonchev–Trinajstić information content (AvgIpc) is 2.60. The summed E-state index contributed by atoms with van der Waals surface area (Å²) >= 11 is 1.84. The molecule has 1 fully saturated rings. The van der Waals surface area contributed by atoms with Gasteiger partial charge in [-0.05, 0) is 30.5 Å². The molecule has 1 heterocycles. The normalized spacial score (nSPS) is 20.2. The quantitative estimate of drug-likeness (QED) is 0.925. The zero-order valence-corrected chi connectivity index (χ0v) is 14.6. The van der Waals surface area contributed by atoms with Gasteiger partial charge in [0, 0.05) is 30.1 Å². The lowest BCUT2D eigenvalue weighted by molar-refractivity contribution is 0.415. The summed E-state index contributed by atoms with van der Waals surface area (Å²) in [5.74, 6) is 0.835. The topological polar surface area (TPSA) is 63.4 Å². The summed E-state index contributed by atoms with van der Waals surface area (Å²) in [7, 11) is -3.43. The highest BCUT2D eigenvalue weighted by atomic mass is 32.2. The molecule has 0 bridgehead atoms. The maximum atomic E-state index is 12.9. The summed E-state index contributed by atoms with van der Waals surface area (Å²) < 4.78 is 27.6. The Morgan fingerprint density at radius 3 is 2.71 bits per heavy atom. The second kappa shape index (κ2) is 6.28. The minimum atomic E-state index is -3.43. The molecular weight excluding hydrogens is 304 g/mol. The number of nitrogens with two attached hydrogens (primary N) is 1. The third-order valence-corrected chi connectivity index (χ3v) is 7.32. The highest BCUT2D eigenvalue weighted by Gasteiger charge is 2.31. The van der Waals surface area contributed by atoms with E-state index in [0.29, 0.717) is 24.5 Å². The van der Waals surface area contributed by atoms with Crippen molar-refractivity contribution in [1.82, 2.24) is 4.31 Å². The molecule has 1 saturated heterocycles. The highest BCUT2D eigenvalue weighted by molar-refractivity contribution is 8.00. The first-order valence-corrected chi connectivity index (χ1v) is 9.62. The number of nitrogens with zero attached hydrogens (tertiary/aromatic N) is 1. The number of rotatable bonds is 3. The van der Waals surface area contributed by atoms with Gasteiger partial charge in [-0.2, -0.15) is 16.1 Å². The van der Waals surface area contributed by atoms with Crippen LogP contribution in [0, 0.1) is 6.92 Å². The minimum Gasteiger partial charge on any atom is -0.326 e.